The Labute approximate surface area is 127 Å². The lowest BCUT2D eigenvalue weighted by Crippen LogP contribution is -2.39. The zero-order chi connectivity index (χ0) is 16.0. The van der Waals surface area contributed by atoms with Crippen molar-refractivity contribution in [1.29, 1.82) is 0 Å². The first-order valence-electron chi connectivity index (χ1n) is 7.43. The second-order valence-corrected chi connectivity index (χ2v) is 5.50. The monoisotopic (exact) mass is 299 g/mol. The van der Waals surface area contributed by atoms with Crippen LogP contribution in [0, 0.1) is 0 Å². The summed E-state index contributed by atoms with van der Waals surface area (Å²) in [6, 6.07) is 0. The number of likely N-dealkylation sites (N-methyl/N-ethyl adjacent to an activating group) is 1. The van der Waals surface area contributed by atoms with Gasteiger partial charge in [-0.25, -0.2) is 0 Å². The second kappa shape index (κ2) is 7.77. The predicted octanol–water partition coefficient (Wildman–Crippen LogP) is 1.69. The van der Waals surface area contributed by atoms with Crippen molar-refractivity contribution in [3.8, 4) is 5.75 Å². The summed E-state index contributed by atoms with van der Waals surface area (Å²) in [7, 11) is 7.25. The molecular weight excluding hydrogens is 270 g/mol. The Morgan fingerprint density at radius 3 is 2.38 bits per heavy atom. The highest BCUT2D eigenvalue weighted by Gasteiger charge is 2.39. The van der Waals surface area contributed by atoms with E-state index in [-0.39, 0.29) is 0 Å². The molecule has 1 atom stereocenters. The summed E-state index contributed by atoms with van der Waals surface area (Å²) >= 11 is 0. The molecule has 0 aliphatic carbocycles. The largest absolute Gasteiger partial charge is 0.493 e. The molecule has 0 aliphatic heterocycles. The van der Waals surface area contributed by atoms with Crippen molar-refractivity contribution in [1.82, 2.24) is 14.7 Å². The predicted molar refractivity (Wildman–Crippen MR) is 82.6 cm³/mol. The van der Waals surface area contributed by atoms with Crippen molar-refractivity contribution in [2.45, 2.75) is 44.9 Å². The Bertz CT molecular complexity index is 420. The van der Waals surface area contributed by atoms with Crippen LogP contribution < -0.4 is 4.74 Å². The fourth-order valence-corrected chi connectivity index (χ4v) is 2.57. The van der Waals surface area contributed by atoms with Gasteiger partial charge in [0.15, 0.2) is 5.75 Å². The Hall–Kier alpha value is -1.11. The van der Waals surface area contributed by atoms with E-state index >= 15 is 0 Å². The zero-order valence-corrected chi connectivity index (χ0v) is 14.1. The lowest BCUT2D eigenvalue weighted by molar-refractivity contribution is -0.113. The van der Waals surface area contributed by atoms with Crippen LogP contribution in [0.1, 0.15) is 38.5 Å². The molecular formula is C15H29N3O3. The number of rotatable bonds is 9. The summed E-state index contributed by atoms with van der Waals surface area (Å²) in [4.78, 5) is 2.08. The smallest absolute Gasteiger partial charge is 0.162 e. The molecule has 1 aromatic heterocycles. The summed E-state index contributed by atoms with van der Waals surface area (Å²) in [5.74, 6) is 0.601. The minimum absolute atomic E-state index is 0.601. The van der Waals surface area contributed by atoms with Gasteiger partial charge in [0, 0.05) is 13.7 Å². The van der Waals surface area contributed by atoms with E-state index in [0.29, 0.717) is 30.8 Å². The van der Waals surface area contributed by atoms with Crippen LogP contribution in [0.4, 0.5) is 0 Å². The minimum Gasteiger partial charge on any atom is -0.493 e. The molecule has 6 nitrogen and oxygen atoms in total. The Balaban J connectivity index is 3.16. The molecule has 0 radical (unpaired) electrons. The normalized spacial score (nSPS) is 13.7. The van der Waals surface area contributed by atoms with E-state index in [9.17, 15) is 5.11 Å². The highest BCUT2D eigenvalue weighted by atomic mass is 16.5. The molecule has 0 saturated heterocycles. The molecule has 0 aromatic carbocycles. The fourth-order valence-electron chi connectivity index (χ4n) is 2.57. The van der Waals surface area contributed by atoms with Crippen molar-refractivity contribution >= 4 is 0 Å². The van der Waals surface area contributed by atoms with Gasteiger partial charge >= 0.3 is 0 Å². The number of hydrogen-bond acceptors (Lipinski definition) is 5. The van der Waals surface area contributed by atoms with Gasteiger partial charge in [-0.1, -0.05) is 13.8 Å². The molecule has 6 heteroatoms. The Kier molecular flexibility index (Phi) is 6.64. The van der Waals surface area contributed by atoms with Gasteiger partial charge in [-0.15, -0.1) is 0 Å². The molecule has 1 heterocycles. The molecule has 1 N–H and O–H groups in total. The number of methoxy groups -OCH3 is 2. The molecule has 0 bridgehead atoms. The molecule has 1 unspecified atom stereocenters. The quantitative estimate of drug-likeness (QED) is 0.752. The molecule has 0 spiro atoms. The van der Waals surface area contributed by atoms with Crippen LogP contribution in [-0.4, -0.2) is 60.2 Å². The summed E-state index contributed by atoms with van der Waals surface area (Å²) in [5, 5.41) is 15.2. The lowest BCUT2D eigenvalue weighted by atomic mass is 9.88. The number of aliphatic hydroxyl groups is 1. The first-order chi connectivity index (χ1) is 9.95. The molecule has 0 amide bonds. The van der Waals surface area contributed by atoms with Crippen LogP contribution >= 0.6 is 0 Å². The van der Waals surface area contributed by atoms with Crippen LogP contribution in [0.2, 0.25) is 0 Å². The Morgan fingerprint density at radius 2 is 1.95 bits per heavy atom. The first kappa shape index (κ1) is 17.9. The molecule has 0 aliphatic rings. The van der Waals surface area contributed by atoms with Gasteiger partial charge in [0.05, 0.1) is 25.5 Å². The average molecular weight is 299 g/mol. The number of aliphatic hydroxyl groups excluding tert-OH is 1. The van der Waals surface area contributed by atoms with Crippen LogP contribution in [0.25, 0.3) is 0 Å². The SMILES string of the molecule is CCC(CC)(OC)C(O)c1c(OC)cnn1CCN(C)C. The Morgan fingerprint density at radius 1 is 1.33 bits per heavy atom. The molecule has 1 aromatic rings. The van der Waals surface area contributed by atoms with E-state index in [4.69, 9.17) is 9.47 Å². The van der Waals surface area contributed by atoms with Crippen molar-refractivity contribution < 1.29 is 14.6 Å². The molecule has 0 saturated carbocycles. The van der Waals surface area contributed by atoms with Gasteiger partial charge < -0.3 is 19.5 Å². The lowest BCUT2D eigenvalue weighted by Gasteiger charge is -2.35. The third kappa shape index (κ3) is 3.75. The van der Waals surface area contributed by atoms with Crippen LogP contribution in [0.3, 0.4) is 0 Å². The number of aromatic nitrogens is 2. The standard InChI is InChI=1S/C15H29N3O3/c1-7-15(8-2,21-6)14(19)13-12(20-5)11-16-18(13)10-9-17(3)4/h11,14,19H,7-10H2,1-6H3. The first-order valence-corrected chi connectivity index (χ1v) is 7.43. The third-order valence-corrected chi connectivity index (χ3v) is 4.18. The molecule has 0 fully saturated rings. The maximum Gasteiger partial charge on any atom is 0.162 e. The highest BCUT2D eigenvalue weighted by Crippen LogP contribution is 2.38. The van der Waals surface area contributed by atoms with Crippen LogP contribution in [0.15, 0.2) is 6.20 Å². The molecule has 122 valence electrons. The summed E-state index contributed by atoms with van der Waals surface area (Å²) in [5.41, 5.74) is 0.0632. The van der Waals surface area contributed by atoms with Gasteiger partial charge in [-0.05, 0) is 26.9 Å². The average Bonchev–Trinajstić information content (AvgIpc) is 2.90. The number of hydrogen-bond donors (Lipinski definition) is 1. The van der Waals surface area contributed by atoms with Gasteiger partial charge in [-0.3, -0.25) is 4.68 Å². The second-order valence-electron chi connectivity index (χ2n) is 5.50. The van der Waals surface area contributed by atoms with Gasteiger partial charge in [0.1, 0.15) is 11.8 Å². The third-order valence-electron chi connectivity index (χ3n) is 4.18. The summed E-state index contributed by atoms with van der Waals surface area (Å²) in [6.45, 7) is 5.56. The summed E-state index contributed by atoms with van der Waals surface area (Å²) in [6.07, 6.45) is 2.30. The van der Waals surface area contributed by atoms with E-state index in [1.54, 1.807) is 20.4 Å². The van der Waals surface area contributed by atoms with E-state index in [1.165, 1.54) is 0 Å². The van der Waals surface area contributed by atoms with E-state index < -0.39 is 11.7 Å². The van der Waals surface area contributed by atoms with Crippen molar-refractivity contribution in [2.24, 2.45) is 0 Å². The van der Waals surface area contributed by atoms with E-state index in [0.717, 1.165) is 6.54 Å². The van der Waals surface area contributed by atoms with Crippen LogP contribution in [0.5, 0.6) is 5.75 Å². The minimum atomic E-state index is -0.780. The number of ether oxygens (including phenoxy) is 2. The van der Waals surface area contributed by atoms with Crippen molar-refractivity contribution in [2.75, 3.05) is 34.9 Å². The van der Waals surface area contributed by atoms with E-state index in [1.807, 2.05) is 32.6 Å². The topological polar surface area (TPSA) is 59.8 Å². The zero-order valence-electron chi connectivity index (χ0n) is 14.1. The van der Waals surface area contributed by atoms with E-state index in [2.05, 4.69) is 10.00 Å². The molecule has 1 rings (SSSR count). The van der Waals surface area contributed by atoms with Gasteiger partial charge in [-0.2, -0.15) is 5.10 Å². The fraction of sp³-hybridized carbons (Fsp3) is 0.800. The van der Waals surface area contributed by atoms with Crippen molar-refractivity contribution in [3.63, 3.8) is 0 Å². The van der Waals surface area contributed by atoms with Crippen molar-refractivity contribution in [3.05, 3.63) is 11.9 Å². The van der Waals surface area contributed by atoms with Crippen LogP contribution in [-0.2, 0) is 11.3 Å². The molecule has 21 heavy (non-hydrogen) atoms. The maximum absolute atomic E-state index is 10.9. The van der Waals surface area contributed by atoms with Gasteiger partial charge in [0.25, 0.3) is 0 Å². The van der Waals surface area contributed by atoms with Gasteiger partial charge in [0.2, 0.25) is 0 Å². The highest BCUT2D eigenvalue weighted by molar-refractivity contribution is 5.29. The maximum atomic E-state index is 10.9. The summed E-state index contributed by atoms with van der Waals surface area (Å²) < 4.78 is 12.8. The number of nitrogens with zero attached hydrogens (tertiary/aromatic N) is 3.